The number of carbonyl (C=O) groups excluding carboxylic acids is 2. The second-order valence-corrected chi connectivity index (χ2v) is 6.32. The van der Waals surface area contributed by atoms with Crippen LogP contribution in [0, 0.1) is 0 Å². The largest absolute Gasteiger partial charge is 0.490 e. The number of hydrazine groups is 1. The summed E-state index contributed by atoms with van der Waals surface area (Å²) >= 11 is 0. The molecule has 150 valence electrons. The Bertz CT molecular complexity index is 792. The van der Waals surface area contributed by atoms with Gasteiger partial charge in [0.2, 0.25) is 0 Å². The van der Waals surface area contributed by atoms with Gasteiger partial charge in [-0.2, -0.15) is 0 Å². The molecule has 0 saturated carbocycles. The fourth-order valence-electron chi connectivity index (χ4n) is 2.48. The molecule has 2 N–H and O–H groups in total. The van der Waals surface area contributed by atoms with Crippen molar-refractivity contribution in [2.45, 2.75) is 19.8 Å². The van der Waals surface area contributed by atoms with Crippen molar-refractivity contribution in [1.82, 2.24) is 10.9 Å². The second-order valence-electron chi connectivity index (χ2n) is 6.32. The van der Waals surface area contributed by atoms with Crippen molar-refractivity contribution in [2.75, 3.05) is 26.9 Å². The lowest BCUT2D eigenvalue weighted by Gasteiger charge is -2.14. The lowest BCUT2D eigenvalue weighted by atomic mass is 10.0. The lowest BCUT2D eigenvalue weighted by molar-refractivity contribution is -0.123. The normalized spacial score (nSPS) is 10.4. The molecule has 2 aromatic carbocycles. The molecule has 0 unspecified atom stereocenters. The highest BCUT2D eigenvalue weighted by atomic mass is 16.5. The number of nitrogens with one attached hydrogen (secondary N) is 2. The molecule has 7 heteroatoms. The quantitative estimate of drug-likeness (QED) is 0.511. The first-order chi connectivity index (χ1) is 13.5. The van der Waals surface area contributed by atoms with Crippen LogP contribution in [0.3, 0.4) is 0 Å². The topological polar surface area (TPSA) is 85.9 Å². The number of hydrogen-bond donors (Lipinski definition) is 2. The maximum Gasteiger partial charge on any atom is 0.276 e. The van der Waals surface area contributed by atoms with E-state index in [-0.39, 0.29) is 12.5 Å². The first-order valence-electron chi connectivity index (χ1n) is 9.04. The maximum atomic E-state index is 12.3. The van der Waals surface area contributed by atoms with Gasteiger partial charge in [0.25, 0.3) is 11.8 Å². The van der Waals surface area contributed by atoms with Gasteiger partial charge in [-0.15, -0.1) is 0 Å². The van der Waals surface area contributed by atoms with Crippen molar-refractivity contribution in [3.63, 3.8) is 0 Å². The Kier molecular flexibility index (Phi) is 8.30. The fraction of sp³-hybridized carbons (Fsp3) is 0.333. The Morgan fingerprint density at radius 3 is 2.29 bits per heavy atom. The molecule has 0 aliphatic rings. The molecule has 28 heavy (non-hydrogen) atoms. The van der Waals surface area contributed by atoms with E-state index < -0.39 is 11.8 Å². The number of benzene rings is 2. The monoisotopic (exact) mass is 386 g/mol. The van der Waals surface area contributed by atoms with Crippen LogP contribution in [0.2, 0.25) is 0 Å². The summed E-state index contributed by atoms with van der Waals surface area (Å²) in [4.78, 5) is 24.4. The molecule has 2 aromatic rings. The van der Waals surface area contributed by atoms with Crippen LogP contribution < -0.4 is 20.3 Å². The number of carbonyl (C=O) groups is 2. The number of para-hydroxylation sites is 2. The standard InChI is InChI=1S/C21H26N2O5/c1-15(2)16-8-4-6-10-18(16)28-14-20(24)22-23-21(25)17-9-5-7-11-19(17)27-13-12-26-3/h4-11,15H,12-14H2,1-3H3,(H,22,24)(H,23,25). The first kappa shape index (κ1) is 21.2. The van der Waals surface area contributed by atoms with Crippen LogP contribution in [0.5, 0.6) is 11.5 Å². The molecule has 0 aliphatic carbocycles. The van der Waals surface area contributed by atoms with E-state index in [0.717, 1.165) is 5.56 Å². The number of hydrogen-bond acceptors (Lipinski definition) is 5. The third-order valence-corrected chi connectivity index (χ3v) is 3.89. The summed E-state index contributed by atoms with van der Waals surface area (Å²) in [5.41, 5.74) is 6.05. The average molecular weight is 386 g/mol. The first-order valence-corrected chi connectivity index (χ1v) is 9.04. The van der Waals surface area contributed by atoms with Crippen molar-refractivity contribution in [1.29, 1.82) is 0 Å². The number of rotatable bonds is 9. The van der Waals surface area contributed by atoms with Crippen molar-refractivity contribution >= 4 is 11.8 Å². The van der Waals surface area contributed by atoms with Gasteiger partial charge in [-0.25, -0.2) is 0 Å². The highest BCUT2D eigenvalue weighted by Gasteiger charge is 2.14. The van der Waals surface area contributed by atoms with Gasteiger partial charge in [0.05, 0.1) is 12.2 Å². The second kappa shape index (κ2) is 10.9. The van der Waals surface area contributed by atoms with Gasteiger partial charge >= 0.3 is 0 Å². The van der Waals surface area contributed by atoms with E-state index in [2.05, 4.69) is 24.7 Å². The Morgan fingerprint density at radius 1 is 0.893 bits per heavy atom. The zero-order valence-corrected chi connectivity index (χ0v) is 16.4. The average Bonchev–Trinajstić information content (AvgIpc) is 2.71. The number of amides is 2. The van der Waals surface area contributed by atoms with E-state index in [0.29, 0.717) is 30.3 Å². The van der Waals surface area contributed by atoms with Crippen LogP contribution in [-0.2, 0) is 9.53 Å². The van der Waals surface area contributed by atoms with Gasteiger partial charge in [-0.05, 0) is 29.7 Å². The van der Waals surface area contributed by atoms with Crippen molar-refractivity contribution in [3.05, 3.63) is 59.7 Å². The Labute approximate surface area is 165 Å². The van der Waals surface area contributed by atoms with E-state index in [9.17, 15) is 9.59 Å². The summed E-state index contributed by atoms with van der Waals surface area (Å²) in [6, 6.07) is 14.3. The number of ether oxygens (including phenoxy) is 3. The minimum Gasteiger partial charge on any atom is -0.490 e. The highest BCUT2D eigenvalue weighted by molar-refractivity contribution is 5.97. The molecule has 0 saturated heterocycles. The SMILES string of the molecule is COCCOc1ccccc1C(=O)NNC(=O)COc1ccccc1C(C)C. The van der Waals surface area contributed by atoms with E-state index in [1.807, 2.05) is 24.3 Å². The summed E-state index contributed by atoms with van der Waals surface area (Å²) in [5, 5.41) is 0. The van der Waals surface area contributed by atoms with Crippen molar-refractivity contribution in [3.8, 4) is 11.5 Å². The minimum absolute atomic E-state index is 0.212. The molecule has 2 amide bonds. The van der Waals surface area contributed by atoms with Crippen LogP contribution >= 0.6 is 0 Å². The highest BCUT2D eigenvalue weighted by Crippen LogP contribution is 2.25. The van der Waals surface area contributed by atoms with Crippen LogP contribution in [-0.4, -0.2) is 38.7 Å². The minimum atomic E-state index is -0.482. The van der Waals surface area contributed by atoms with Crippen LogP contribution in [0.1, 0.15) is 35.7 Å². The fourth-order valence-corrected chi connectivity index (χ4v) is 2.48. The Morgan fingerprint density at radius 2 is 1.57 bits per heavy atom. The molecule has 2 rings (SSSR count). The number of methoxy groups -OCH3 is 1. The van der Waals surface area contributed by atoms with Gasteiger partial charge in [0, 0.05) is 7.11 Å². The summed E-state index contributed by atoms with van der Waals surface area (Å²) < 4.78 is 16.0. The van der Waals surface area contributed by atoms with Gasteiger partial charge in [0.1, 0.15) is 18.1 Å². The Balaban J connectivity index is 1.87. The van der Waals surface area contributed by atoms with Crippen LogP contribution in [0.4, 0.5) is 0 Å². The van der Waals surface area contributed by atoms with Gasteiger partial charge in [-0.1, -0.05) is 44.2 Å². The molecule has 0 bridgehead atoms. The van der Waals surface area contributed by atoms with E-state index in [1.165, 1.54) is 0 Å². The molecule has 0 aliphatic heterocycles. The zero-order chi connectivity index (χ0) is 20.4. The van der Waals surface area contributed by atoms with Crippen molar-refractivity contribution in [2.24, 2.45) is 0 Å². The molecule has 0 atom stereocenters. The smallest absolute Gasteiger partial charge is 0.276 e. The molecular formula is C21H26N2O5. The maximum absolute atomic E-state index is 12.3. The molecule has 0 fully saturated rings. The summed E-state index contributed by atoms with van der Waals surface area (Å²) in [5.74, 6) is 0.381. The third kappa shape index (κ3) is 6.28. The summed E-state index contributed by atoms with van der Waals surface area (Å²) in [7, 11) is 1.57. The van der Waals surface area contributed by atoms with E-state index in [1.54, 1.807) is 31.4 Å². The third-order valence-electron chi connectivity index (χ3n) is 3.89. The summed E-state index contributed by atoms with van der Waals surface area (Å²) in [6.45, 7) is 4.61. The van der Waals surface area contributed by atoms with Gasteiger partial charge < -0.3 is 14.2 Å². The predicted octanol–water partition coefficient (Wildman–Crippen LogP) is 2.68. The van der Waals surface area contributed by atoms with Crippen LogP contribution in [0.25, 0.3) is 0 Å². The summed E-state index contributed by atoms with van der Waals surface area (Å²) in [6.07, 6.45) is 0. The van der Waals surface area contributed by atoms with Gasteiger partial charge in [-0.3, -0.25) is 20.4 Å². The van der Waals surface area contributed by atoms with E-state index in [4.69, 9.17) is 14.2 Å². The molecule has 7 nitrogen and oxygen atoms in total. The molecular weight excluding hydrogens is 360 g/mol. The Hall–Kier alpha value is -3.06. The van der Waals surface area contributed by atoms with Crippen LogP contribution in [0.15, 0.2) is 48.5 Å². The lowest BCUT2D eigenvalue weighted by Crippen LogP contribution is -2.44. The molecule has 0 radical (unpaired) electrons. The predicted molar refractivity (Wildman–Crippen MR) is 105 cm³/mol. The van der Waals surface area contributed by atoms with Gasteiger partial charge in [0.15, 0.2) is 6.61 Å². The molecule has 0 aromatic heterocycles. The zero-order valence-electron chi connectivity index (χ0n) is 16.4. The molecule has 0 spiro atoms. The van der Waals surface area contributed by atoms with E-state index >= 15 is 0 Å². The molecule has 0 heterocycles. The van der Waals surface area contributed by atoms with Crippen molar-refractivity contribution < 1.29 is 23.8 Å².